The van der Waals surface area contributed by atoms with Crippen molar-refractivity contribution in [3.8, 4) is 5.75 Å². The highest BCUT2D eigenvalue weighted by Crippen LogP contribution is 2.43. The molecule has 0 fully saturated rings. The van der Waals surface area contributed by atoms with Gasteiger partial charge in [-0.25, -0.2) is 9.59 Å². The molecule has 1 aliphatic heterocycles. The topological polar surface area (TPSA) is 119 Å². The van der Waals surface area contributed by atoms with E-state index in [1.54, 1.807) is 45.0 Å². The van der Waals surface area contributed by atoms with Crippen molar-refractivity contribution in [2.75, 3.05) is 19.8 Å². The normalized spacial score (nSPS) is 14.8. The second-order valence-corrected chi connectivity index (χ2v) is 8.05. The molecule has 0 bridgehead atoms. The first kappa shape index (κ1) is 28.1. The summed E-state index contributed by atoms with van der Waals surface area (Å²) in [6, 6.07) is 16.7. The predicted octanol–water partition coefficient (Wildman–Crippen LogP) is 5.30. The van der Waals surface area contributed by atoms with Gasteiger partial charge in [0.1, 0.15) is 36.4 Å². The minimum Gasteiger partial charge on any atom is -0.489 e. The van der Waals surface area contributed by atoms with Crippen LogP contribution >= 0.6 is 0 Å². The SMILES string of the molecule is CCOC(=O)OC1=C(C)NC(COC(C)=O)=C(OC(=O)OCC)C1c1ccccc1OCc1ccccc1. The summed E-state index contributed by atoms with van der Waals surface area (Å²) in [6.07, 6.45) is -1.91. The Morgan fingerprint density at radius 3 is 2.03 bits per heavy atom. The number of dihydropyridines is 1. The molecule has 0 spiro atoms. The zero-order chi connectivity index (χ0) is 27.5. The van der Waals surface area contributed by atoms with Crippen molar-refractivity contribution in [2.45, 2.75) is 40.2 Å². The van der Waals surface area contributed by atoms with Crippen LogP contribution in [0.2, 0.25) is 0 Å². The summed E-state index contributed by atoms with van der Waals surface area (Å²) < 4.78 is 32.6. The third kappa shape index (κ3) is 7.52. The summed E-state index contributed by atoms with van der Waals surface area (Å²) in [5.41, 5.74) is 2.16. The lowest BCUT2D eigenvalue weighted by molar-refractivity contribution is -0.140. The number of rotatable bonds is 10. The van der Waals surface area contributed by atoms with E-state index in [-0.39, 0.29) is 43.6 Å². The maximum Gasteiger partial charge on any atom is 0.513 e. The Labute approximate surface area is 221 Å². The molecule has 10 heteroatoms. The largest absolute Gasteiger partial charge is 0.513 e. The minimum atomic E-state index is -0.979. The molecule has 0 aromatic heterocycles. The van der Waals surface area contributed by atoms with E-state index < -0.39 is 24.2 Å². The van der Waals surface area contributed by atoms with Crippen molar-refractivity contribution in [2.24, 2.45) is 0 Å². The van der Waals surface area contributed by atoms with Gasteiger partial charge in [-0.2, -0.15) is 0 Å². The van der Waals surface area contributed by atoms with E-state index in [1.165, 1.54) is 6.92 Å². The number of hydrogen-bond acceptors (Lipinski definition) is 10. The van der Waals surface area contributed by atoms with Crippen molar-refractivity contribution in [3.63, 3.8) is 0 Å². The summed E-state index contributed by atoms with van der Waals surface area (Å²) in [5, 5.41) is 3.02. The van der Waals surface area contributed by atoms with Gasteiger partial charge in [-0.15, -0.1) is 0 Å². The van der Waals surface area contributed by atoms with Gasteiger partial charge in [-0.3, -0.25) is 4.79 Å². The van der Waals surface area contributed by atoms with Crippen LogP contribution in [0.1, 0.15) is 44.7 Å². The fourth-order valence-electron chi connectivity index (χ4n) is 3.74. The Morgan fingerprint density at radius 1 is 0.789 bits per heavy atom. The van der Waals surface area contributed by atoms with E-state index in [0.29, 0.717) is 17.0 Å². The van der Waals surface area contributed by atoms with Crippen LogP contribution < -0.4 is 10.1 Å². The summed E-state index contributed by atoms with van der Waals surface area (Å²) in [5.74, 6) is -0.899. The Hall–Kier alpha value is -4.47. The molecule has 0 amide bonds. The molecule has 202 valence electrons. The highest BCUT2D eigenvalue weighted by Gasteiger charge is 2.38. The van der Waals surface area contributed by atoms with Crippen molar-refractivity contribution < 1.29 is 42.8 Å². The second kappa shape index (κ2) is 13.7. The third-order valence-corrected chi connectivity index (χ3v) is 5.33. The zero-order valence-corrected chi connectivity index (χ0v) is 21.8. The smallest absolute Gasteiger partial charge is 0.489 e. The van der Waals surface area contributed by atoms with E-state index in [0.717, 1.165) is 5.56 Å². The molecule has 3 rings (SSSR count). The van der Waals surface area contributed by atoms with Crippen molar-refractivity contribution in [3.05, 3.63) is 88.6 Å². The highest BCUT2D eigenvalue weighted by molar-refractivity contribution is 5.67. The number of carbonyl (C=O) groups is 3. The molecule has 10 nitrogen and oxygen atoms in total. The number of esters is 1. The first-order valence-electron chi connectivity index (χ1n) is 12.1. The molecule has 2 aromatic rings. The Balaban J connectivity index is 2.11. The van der Waals surface area contributed by atoms with Gasteiger partial charge < -0.3 is 33.7 Å². The van der Waals surface area contributed by atoms with E-state index in [2.05, 4.69) is 5.32 Å². The van der Waals surface area contributed by atoms with Crippen molar-refractivity contribution in [1.82, 2.24) is 5.32 Å². The fraction of sp³-hybridized carbons (Fsp3) is 0.321. The summed E-state index contributed by atoms with van der Waals surface area (Å²) >= 11 is 0. The molecular weight excluding hydrogens is 494 g/mol. The maximum absolute atomic E-state index is 12.5. The van der Waals surface area contributed by atoms with Crippen molar-refractivity contribution in [1.29, 1.82) is 0 Å². The van der Waals surface area contributed by atoms with Gasteiger partial charge in [-0.1, -0.05) is 48.5 Å². The molecule has 0 saturated carbocycles. The molecule has 0 radical (unpaired) electrons. The molecule has 0 saturated heterocycles. The molecular formula is C28H31NO9. The highest BCUT2D eigenvalue weighted by atomic mass is 16.7. The van der Waals surface area contributed by atoms with Gasteiger partial charge in [0.05, 0.1) is 24.6 Å². The first-order chi connectivity index (χ1) is 18.3. The second-order valence-electron chi connectivity index (χ2n) is 8.05. The van der Waals surface area contributed by atoms with Crippen LogP contribution in [0, 0.1) is 0 Å². The number of nitrogens with one attached hydrogen (secondary N) is 1. The van der Waals surface area contributed by atoms with Crippen LogP contribution in [0.3, 0.4) is 0 Å². The lowest BCUT2D eigenvalue weighted by Crippen LogP contribution is -2.32. The van der Waals surface area contributed by atoms with Crippen LogP contribution in [0.5, 0.6) is 5.75 Å². The number of benzene rings is 2. The lowest BCUT2D eigenvalue weighted by Gasteiger charge is -2.31. The number of para-hydroxylation sites is 1. The molecule has 1 unspecified atom stereocenters. The Bertz CT molecular complexity index is 1200. The van der Waals surface area contributed by atoms with Crippen LogP contribution in [0.15, 0.2) is 77.5 Å². The summed E-state index contributed by atoms with van der Waals surface area (Å²) in [4.78, 5) is 36.5. The van der Waals surface area contributed by atoms with Crippen LogP contribution in [0.25, 0.3) is 0 Å². The number of allylic oxidation sites excluding steroid dienone is 1. The van der Waals surface area contributed by atoms with Crippen molar-refractivity contribution >= 4 is 18.3 Å². The van der Waals surface area contributed by atoms with Gasteiger partial charge in [0, 0.05) is 12.5 Å². The zero-order valence-electron chi connectivity index (χ0n) is 21.8. The minimum absolute atomic E-state index is 0.0189. The molecule has 1 heterocycles. The number of ether oxygens (including phenoxy) is 6. The molecule has 1 N–H and O–H groups in total. The molecule has 1 aliphatic rings. The van der Waals surface area contributed by atoms with E-state index in [4.69, 9.17) is 28.4 Å². The quantitative estimate of drug-likeness (QED) is 0.323. The van der Waals surface area contributed by atoms with E-state index >= 15 is 0 Å². The number of carbonyl (C=O) groups excluding carboxylic acids is 3. The fourth-order valence-corrected chi connectivity index (χ4v) is 3.74. The van der Waals surface area contributed by atoms with Gasteiger partial charge in [-0.05, 0) is 32.4 Å². The first-order valence-corrected chi connectivity index (χ1v) is 12.1. The van der Waals surface area contributed by atoms with E-state index in [1.807, 2.05) is 30.3 Å². The molecule has 2 aromatic carbocycles. The summed E-state index contributed by atoms with van der Waals surface area (Å²) in [6.45, 7) is 6.41. The third-order valence-electron chi connectivity index (χ3n) is 5.33. The standard InChI is InChI=1S/C28H31NO9/c1-5-33-27(31)37-25-18(3)29-22(17-35-19(4)30)26(38-28(32)34-6-2)24(25)21-14-10-11-15-23(21)36-16-20-12-8-7-9-13-20/h7-15,24,29H,5-6,16-17H2,1-4H3. The predicted molar refractivity (Wildman–Crippen MR) is 136 cm³/mol. The van der Waals surface area contributed by atoms with E-state index in [9.17, 15) is 14.4 Å². The van der Waals surface area contributed by atoms with Crippen LogP contribution in [0.4, 0.5) is 9.59 Å². The summed E-state index contributed by atoms with van der Waals surface area (Å²) in [7, 11) is 0. The average Bonchev–Trinajstić information content (AvgIpc) is 2.89. The van der Waals surface area contributed by atoms with Gasteiger partial charge >= 0.3 is 18.3 Å². The monoisotopic (exact) mass is 525 g/mol. The Morgan fingerprint density at radius 2 is 1.39 bits per heavy atom. The average molecular weight is 526 g/mol. The van der Waals surface area contributed by atoms with Gasteiger partial charge in [0.15, 0.2) is 0 Å². The van der Waals surface area contributed by atoms with Crippen LogP contribution in [-0.4, -0.2) is 38.1 Å². The number of hydrogen-bond donors (Lipinski definition) is 1. The maximum atomic E-state index is 12.5. The lowest BCUT2D eigenvalue weighted by atomic mass is 9.89. The van der Waals surface area contributed by atoms with Crippen LogP contribution in [-0.2, 0) is 35.1 Å². The molecule has 0 aliphatic carbocycles. The molecule has 38 heavy (non-hydrogen) atoms. The van der Waals surface area contributed by atoms with Gasteiger partial charge in [0.2, 0.25) is 0 Å². The molecule has 1 atom stereocenters. The van der Waals surface area contributed by atoms with Gasteiger partial charge in [0.25, 0.3) is 0 Å². The Kier molecular flexibility index (Phi) is 10.2.